The van der Waals surface area contributed by atoms with E-state index in [1.54, 1.807) is 6.92 Å². The van der Waals surface area contributed by atoms with Crippen molar-refractivity contribution in [3.8, 4) is 0 Å². The van der Waals surface area contributed by atoms with E-state index in [1.807, 2.05) is 0 Å². The SMILES string of the molecule is CC1(NS(=O)(=O)c2ccc(=O)[nH]c2)CCOC1. The van der Waals surface area contributed by atoms with E-state index >= 15 is 0 Å². The van der Waals surface area contributed by atoms with Crippen molar-refractivity contribution >= 4 is 10.0 Å². The maximum atomic E-state index is 12.0. The van der Waals surface area contributed by atoms with Crippen LogP contribution in [-0.2, 0) is 14.8 Å². The fraction of sp³-hybridized carbons (Fsp3) is 0.500. The van der Waals surface area contributed by atoms with Crippen LogP contribution in [0.4, 0.5) is 0 Å². The molecule has 0 aliphatic carbocycles. The van der Waals surface area contributed by atoms with Gasteiger partial charge in [-0.05, 0) is 19.4 Å². The van der Waals surface area contributed by atoms with Gasteiger partial charge in [0.2, 0.25) is 15.6 Å². The number of H-pyrrole nitrogens is 1. The van der Waals surface area contributed by atoms with Crippen LogP contribution < -0.4 is 10.3 Å². The monoisotopic (exact) mass is 258 g/mol. The maximum Gasteiger partial charge on any atom is 0.247 e. The van der Waals surface area contributed by atoms with E-state index in [0.717, 1.165) is 0 Å². The summed E-state index contributed by atoms with van der Waals surface area (Å²) < 4.78 is 31.8. The minimum absolute atomic E-state index is 0.0465. The third-order valence-corrected chi connectivity index (χ3v) is 4.30. The lowest BCUT2D eigenvalue weighted by atomic mass is 10.0. The number of rotatable bonds is 3. The maximum absolute atomic E-state index is 12.0. The average molecular weight is 258 g/mol. The fourth-order valence-corrected chi connectivity index (χ4v) is 3.08. The van der Waals surface area contributed by atoms with Gasteiger partial charge in [0.05, 0.1) is 17.0 Å². The number of aromatic nitrogens is 1. The standard InChI is InChI=1S/C10H14N2O4S/c1-10(4-5-16-7-10)12-17(14,15)8-2-3-9(13)11-6-8/h2-3,6,12H,4-5,7H2,1H3,(H,11,13). The molecule has 2 N–H and O–H groups in total. The number of hydrogen-bond acceptors (Lipinski definition) is 4. The first-order valence-corrected chi connectivity index (χ1v) is 6.70. The van der Waals surface area contributed by atoms with Gasteiger partial charge < -0.3 is 9.72 Å². The molecular weight excluding hydrogens is 244 g/mol. The molecule has 0 radical (unpaired) electrons. The molecule has 0 spiro atoms. The van der Waals surface area contributed by atoms with Crippen LogP contribution in [0, 0.1) is 0 Å². The molecule has 7 heteroatoms. The fourth-order valence-electron chi connectivity index (χ4n) is 1.69. The predicted molar refractivity (Wildman–Crippen MR) is 61.2 cm³/mol. The number of sulfonamides is 1. The average Bonchev–Trinajstić information content (AvgIpc) is 2.64. The second-order valence-electron chi connectivity index (χ2n) is 4.36. The van der Waals surface area contributed by atoms with Crippen LogP contribution in [0.3, 0.4) is 0 Å². The van der Waals surface area contributed by atoms with Gasteiger partial charge in [-0.2, -0.15) is 0 Å². The lowest BCUT2D eigenvalue weighted by Crippen LogP contribution is -2.46. The number of hydrogen-bond donors (Lipinski definition) is 2. The molecule has 1 saturated heterocycles. The van der Waals surface area contributed by atoms with Gasteiger partial charge in [0.15, 0.2) is 0 Å². The van der Waals surface area contributed by atoms with Crippen molar-refractivity contribution in [2.75, 3.05) is 13.2 Å². The van der Waals surface area contributed by atoms with Crippen LogP contribution in [0.1, 0.15) is 13.3 Å². The Labute approximate surface area is 99.1 Å². The molecule has 1 aliphatic heterocycles. The van der Waals surface area contributed by atoms with Gasteiger partial charge in [-0.1, -0.05) is 0 Å². The van der Waals surface area contributed by atoms with Gasteiger partial charge in [-0.15, -0.1) is 0 Å². The van der Waals surface area contributed by atoms with Crippen LogP contribution in [0.2, 0.25) is 0 Å². The summed E-state index contributed by atoms with van der Waals surface area (Å²) in [5.41, 5.74) is -0.908. The summed E-state index contributed by atoms with van der Waals surface area (Å²) in [7, 11) is -3.62. The van der Waals surface area contributed by atoms with E-state index in [2.05, 4.69) is 9.71 Å². The smallest absolute Gasteiger partial charge is 0.247 e. The minimum Gasteiger partial charge on any atom is -0.379 e. The zero-order chi connectivity index (χ0) is 12.5. The summed E-state index contributed by atoms with van der Waals surface area (Å²) in [5.74, 6) is 0. The summed E-state index contributed by atoms with van der Waals surface area (Å²) in [5, 5.41) is 0. The molecule has 2 heterocycles. The van der Waals surface area contributed by atoms with Gasteiger partial charge in [0.25, 0.3) is 0 Å². The highest BCUT2D eigenvalue weighted by molar-refractivity contribution is 7.89. The molecule has 17 heavy (non-hydrogen) atoms. The van der Waals surface area contributed by atoms with E-state index in [-0.39, 0.29) is 10.5 Å². The minimum atomic E-state index is -3.62. The van der Waals surface area contributed by atoms with Crippen LogP contribution in [0.15, 0.2) is 28.0 Å². The molecule has 1 aromatic rings. The Morgan fingerprint density at radius 3 is 2.76 bits per heavy atom. The van der Waals surface area contributed by atoms with Crippen LogP contribution >= 0.6 is 0 Å². The lowest BCUT2D eigenvalue weighted by molar-refractivity contribution is 0.178. The molecular formula is C10H14N2O4S. The molecule has 2 rings (SSSR count). The van der Waals surface area contributed by atoms with Crippen LogP contribution in [0.5, 0.6) is 0 Å². The Hall–Kier alpha value is -1.18. The van der Waals surface area contributed by atoms with Crippen molar-refractivity contribution in [3.63, 3.8) is 0 Å². The second kappa shape index (κ2) is 4.25. The van der Waals surface area contributed by atoms with Crippen molar-refractivity contribution < 1.29 is 13.2 Å². The highest BCUT2D eigenvalue weighted by Gasteiger charge is 2.34. The quantitative estimate of drug-likeness (QED) is 0.788. The highest BCUT2D eigenvalue weighted by atomic mass is 32.2. The molecule has 1 unspecified atom stereocenters. The zero-order valence-electron chi connectivity index (χ0n) is 9.39. The number of pyridine rings is 1. The molecule has 1 aromatic heterocycles. The number of ether oxygens (including phenoxy) is 1. The lowest BCUT2D eigenvalue weighted by Gasteiger charge is -2.22. The molecule has 1 aliphatic rings. The van der Waals surface area contributed by atoms with E-state index < -0.39 is 15.6 Å². The van der Waals surface area contributed by atoms with Crippen molar-refractivity contribution in [2.24, 2.45) is 0 Å². The Morgan fingerprint density at radius 1 is 1.47 bits per heavy atom. The van der Waals surface area contributed by atoms with Crippen LogP contribution in [0.25, 0.3) is 0 Å². The summed E-state index contributed by atoms with van der Waals surface area (Å²) in [6.07, 6.45) is 1.82. The number of nitrogens with one attached hydrogen (secondary N) is 2. The van der Waals surface area contributed by atoms with E-state index in [4.69, 9.17) is 4.74 Å². The van der Waals surface area contributed by atoms with E-state index in [1.165, 1.54) is 18.3 Å². The van der Waals surface area contributed by atoms with E-state index in [0.29, 0.717) is 19.6 Å². The van der Waals surface area contributed by atoms with Crippen molar-refractivity contribution in [3.05, 3.63) is 28.7 Å². The van der Waals surface area contributed by atoms with Crippen molar-refractivity contribution in [1.82, 2.24) is 9.71 Å². The number of aromatic amines is 1. The normalized spacial score (nSPS) is 25.0. The summed E-state index contributed by atoms with van der Waals surface area (Å²) in [4.78, 5) is 13.2. The Balaban J connectivity index is 2.24. The Bertz CT molecular complexity index is 537. The molecule has 0 amide bonds. The molecule has 1 atom stereocenters. The Morgan fingerprint density at radius 2 is 2.24 bits per heavy atom. The first-order chi connectivity index (χ1) is 7.91. The summed E-state index contributed by atoms with van der Waals surface area (Å²) in [6, 6.07) is 2.46. The molecule has 0 saturated carbocycles. The summed E-state index contributed by atoms with van der Waals surface area (Å²) in [6.45, 7) is 2.70. The van der Waals surface area contributed by atoms with Crippen LogP contribution in [-0.4, -0.2) is 32.2 Å². The molecule has 6 nitrogen and oxygen atoms in total. The zero-order valence-corrected chi connectivity index (χ0v) is 10.2. The van der Waals surface area contributed by atoms with Gasteiger partial charge in [0, 0.05) is 18.9 Å². The first kappa shape index (κ1) is 12.3. The third kappa shape index (κ3) is 2.74. The second-order valence-corrected chi connectivity index (χ2v) is 6.04. The summed E-state index contributed by atoms with van der Waals surface area (Å²) >= 11 is 0. The first-order valence-electron chi connectivity index (χ1n) is 5.22. The van der Waals surface area contributed by atoms with Gasteiger partial charge in [-0.25, -0.2) is 13.1 Å². The predicted octanol–water partition coefficient (Wildman–Crippen LogP) is -0.168. The van der Waals surface area contributed by atoms with Gasteiger partial charge in [-0.3, -0.25) is 4.79 Å². The highest BCUT2D eigenvalue weighted by Crippen LogP contribution is 2.20. The van der Waals surface area contributed by atoms with Crippen molar-refractivity contribution in [2.45, 2.75) is 23.8 Å². The molecule has 0 aromatic carbocycles. The largest absolute Gasteiger partial charge is 0.379 e. The topological polar surface area (TPSA) is 88.3 Å². The van der Waals surface area contributed by atoms with Crippen molar-refractivity contribution in [1.29, 1.82) is 0 Å². The third-order valence-electron chi connectivity index (χ3n) is 2.67. The van der Waals surface area contributed by atoms with Gasteiger partial charge in [0.1, 0.15) is 0 Å². The van der Waals surface area contributed by atoms with E-state index in [9.17, 15) is 13.2 Å². The molecule has 0 bridgehead atoms. The molecule has 1 fully saturated rings. The Kier molecular flexibility index (Phi) is 3.07. The van der Waals surface area contributed by atoms with Gasteiger partial charge >= 0.3 is 0 Å². The molecule has 94 valence electrons.